The lowest BCUT2D eigenvalue weighted by atomic mass is 9.44. The molecule has 23 nitrogen and oxygen atoms in total. The van der Waals surface area contributed by atoms with E-state index in [9.17, 15) is 71.5 Å². The van der Waals surface area contributed by atoms with Gasteiger partial charge in [-0.05, 0) is 118 Å². The fourth-order valence-electron chi connectivity index (χ4n) is 15.6. The van der Waals surface area contributed by atoms with Crippen molar-refractivity contribution in [2.45, 2.75) is 246 Å². The van der Waals surface area contributed by atoms with Crippen LogP contribution in [0.4, 0.5) is 0 Å². The van der Waals surface area contributed by atoms with Gasteiger partial charge in [0.05, 0.1) is 44.2 Å². The van der Waals surface area contributed by atoms with E-state index in [1.807, 2.05) is 6.92 Å². The number of aliphatic hydroxyl groups excluding tert-OH is 12. The zero-order chi connectivity index (χ0) is 53.7. The lowest BCUT2D eigenvalue weighted by Crippen LogP contribution is -2.72. The zero-order valence-electron chi connectivity index (χ0n) is 43.3. The molecule has 0 aromatic heterocycles. The summed E-state index contributed by atoms with van der Waals surface area (Å²) >= 11 is 0. The van der Waals surface area contributed by atoms with Gasteiger partial charge in [0.15, 0.2) is 30.9 Å². The maximum atomic E-state index is 12.1. The molecule has 74 heavy (non-hydrogen) atoms. The SMILES string of the molecule is C[C@H](CC[C@@]1(O)O[C@H]2C[C@H]3[C@H]4CC[C@H]5C[C@@H](O[C@@H]6O[C@H](CO)[C@@](O)(O[C@@H]7O[C@@H](C)[C@H](O)[C@@H](O)[C@H]7O)[C@H](O)[C@H]6O[C@@H]6O[C@@H](C)[C@H](O)[C@@H](O)[C@H]6O)CC[C@]5(C)[C@H]4CC[C@]3(C)[C@H]2[C@@H]1C)CO[C@@H]1O[C@H](CO)[C@@H](O)[C@H](O)[C@H]1O. The molecule has 5 aliphatic heterocycles. The van der Waals surface area contributed by atoms with E-state index in [0.29, 0.717) is 43.4 Å². The van der Waals surface area contributed by atoms with Crippen LogP contribution in [-0.4, -0.2) is 232 Å². The van der Waals surface area contributed by atoms with Gasteiger partial charge in [0.1, 0.15) is 79.4 Å². The first-order chi connectivity index (χ1) is 34.8. The maximum Gasteiger partial charge on any atom is 0.226 e. The van der Waals surface area contributed by atoms with Gasteiger partial charge >= 0.3 is 0 Å². The highest BCUT2D eigenvalue weighted by Gasteiger charge is 2.69. The summed E-state index contributed by atoms with van der Waals surface area (Å²) in [4.78, 5) is 0. The molecule has 9 aliphatic rings. The van der Waals surface area contributed by atoms with Crippen LogP contribution in [-0.2, 0) is 42.6 Å². The Labute approximate surface area is 431 Å². The second-order valence-electron chi connectivity index (χ2n) is 24.4. The van der Waals surface area contributed by atoms with Gasteiger partial charge in [-0.2, -0.15) is 0 Å². The van der Waals surface area contributed by atoms with Crippen LogP contribution in [0, 0.1) is 52.3 Å². The molecule has 0 radical (unpaired) electrons. The molecule has 0 amide bonds. The summed E-state index contributed by atoms with van der Waals surface area (Å²) in [6.07, 6.45) is -22.8. The van der Waals surface area contributed by atoms with E-state index in [1.54, 1.807) is 0 Å². The molecule has 0 bridgehead atoms. The fraction of sp³-hybridized carbons (Fsp3) is 1.00. The Morgan fingerprint density at radius 1 is 0.608 bits per heavy atom. The van der Waals surface area contributed by atoms with Gasteiger partial charge in [0.2, 0.25) is 5.79 Å². The summed E-state index contributed by atoms with van der Waals surface area (Å²) in [5, 5.41) is 151. The predicted molar refractivity (Wildman–Crippen MR) is 250 cm³/mol. The maximum absolute atomic E-state index is 12.1. The minimum atomic E-state index is -2.92. The number of hydrogen-bond donors (Lipinski definition) is 14. The van der Waals surface area contributed by atoms with Crippen LogP contribution in [0.25, 0.3) is 0 Å². The van der Waals surface area contributed by atoms with Gasteiger partial charge in [0.25, 0.3) is 0 Å². The van der Waals surface area contributed by atoms with Crippen molar-refractivity contribution in [2.24, 2.45) is 52.3 Å². The number of ether oxygens (including phenoxy) is 9. The molecule has 0 aromatic rings. The molecule has 0 spiro atoms. The highest BCUT2D eigenvalue weighted by Crippen LogP contribution is 2.71. The first-order valence-corrected chi connectivity index (χ1v) is 27.2. The van der Waals surface area contributed by atoms with Crippen molar-refractivity contribution in [3.05, 3.63) is 0 Å². The molecular formula is C51H86O23. The van der Waals surface area contributed by atoms with Crippen molar-refractivity contribution < 1.29 is 114 Å². The van der Waals surface area contributed by atoms with Crippen LogP contribution in [0.1, 0.15) is 106 Å². The zero-order valence-corrected chi connectivity index (χ0v) is 43.3. The minimum absolute atomic E-state index is 0.0450. The standard InChI is InChI=1S/C51H86O23/c1-20(19-66-44-39(60)38(59)35(56)30(17-52)70-44)9-14-50(64)21(2)32-29(73-50)16-28-26-8-7-24-15-25(10-12-48(24,5)27(26)11-13-49(28,32)6)69-47-42(72-45-40(61)36(57)33(54)22(3)67-45)43(63)51(65,31(18-53)71-47)74-46-41(62)37(58)34(55)23(4)68-46/h20-47,52-65H,7-19H2,1-6H3/t20-,21+,22+,23+,24+,25+,26+,27+,28+,29+,30-,31-,32+,33+,34+,35-,36-,37-,38+,39-,40-,41-,42-,43-,44-,45+,46+,47-,48+,49+,50-,51-/m1/s1. The molecular weight excluding hydrogens is 981 g/mol. The molecule has 9 fully saturated rings. The normalized spacial score (nSPS) is 57.0. The van der Waals surface area contributed by atoms with Crippen LogP contribution >= 0.6 is 0 Å². The Morgan fingerprint density at radius 3 is 1.89 bits per heavy atom. The molecule has 4 saturated carbocycles. The second-order valence-corrected chi connectivity index (χ2v) is 24.4. The molecule has 23 heteroatoms. The predicted octanol–water partition coefficient (Wildman–Crippen LogP) is -2.58. The summed E-state index contributed by atoms with van der Waals surface area (Å²) in [5.74, 6) is -2.84. The van der Waals surface area contributed by atoms with Gasteiger partial charge in [0, 0.05) is 12.3 Å². The van der Waals surface area contributed by atoms with Gasteiger partial charge in [-0.1, -0.05) is 27.7 Å². The summed E-state index contributed by atoms with van der Waals surface area (Å²) in [6, 6.07) is 0. The molecule has 5 heterocycles. The Morgan fingerprint density at radius 2 is 1.23 bits per heavy atom. The molecule has 14 N–H and O–H groups in total. The van der Waals surface area contributed by atoms with E-state index in [1.165, 1.54) is 13.8 Å². The Balaban J connectivity index is 0.841. The average molecular weight is 1070 g/mol. The number of fused-ring (bicyclic) bond motifs is 7. The Kier molecular flexibility index (Phi) is 17.1. The van der Waals surface area contributed by atoms with Crippen molar-refractivity contribution in [1.29, 1.82) is 0 Å². The van der Waals surface area contributed by atoms with Crippen LogP contribution in [0.15, 0.2) is 0 Å². The van der Waals surface area contributed by atoms with Gasteiger partial charge in [-0.25, -0.2) is 0 Å². The van der Waals surface area contributed by atoms with E-state index in [-0.39, 0.29) is 47.2 Å². The Hall–Kier alpha value is -0.920. The van der Waals surface area contributed by atoms with Crippen LogP contribution in [0.5, 0.6) is 0 Å². The topological polar surface area (TPSA) is 366 Å². The highest BCUT2D eigenvalue weighted by molar-refractivity contribution is 5.15. The van der Waals surface area contributed by atoms with Crippen molar-refractivity contribution in [3.8, 4) is 0 Å². The first-order valence-electron chi connectivity index (χ1n) is 27.2. The van der Waals surface area contributed by atoms with Crippen molar-refractivity contribution in [3.63, 3.8) is 0 Å². The number of rotatable bonds is 14. The molecule has 428 valence electrons. The van der Waals surface area contributed by atoms with Crippen LogP contribution in [0.3, 0.4) is 0 Å². The highest BCUT2D eigenvalue weighted by atomic mass is 16.8. The van der Waals surface area contributed by atoms with Crippen LogP contribution < -0.4 is 0 Å². The number of hydrogen-bond acceptors (Lipinski definition) is 23. The second kappa shape index (κ2) is 21.9. The quantitative estimate of drug-likeness (QED) is 0.0627. The van der Waals surface area contributed by atoms with E-state index in [4.69, 9.17) is 42.6 Å². The summed E-state index contributed by atoms with van der Waals surface area (Å²) in [6.45, 7) is 10.3. The first kappa shape index (κ1) is 57.8. The summed E-state index contributed by atoms with van der Waals surface area (Å²) in [5.41, 5.74) is -0.0984. The summed E-state index contributed by atoms with van der Waals surface area (Å²) < 4.78 is 54.0. The molecule has 0 unspecified atom stereocenters. The third kappa shape index (κ3) is 9.97. The smallest absolute Gasteiger partial charge is 0.226 e. The van der Waals surface area contributed by atoms with E-state index in [0.717, 1.165) is 38.5 Å². The van der Waals surface area contributed by atoms with E-state index >= 15 is 0 Å². The molecule has 5 saturated heterocycles. The van der Waals surface area contributed by atoms with Crippen LogP contribution in [0.2, 0.25) is 0 Å². The molecule has 32 atom stereocenters. The third-order valence-electron chi connectivity index (χ3n) is 20.2. The lowest BCUT2D eigenvalue weighted by molar-refractivity contribution is -0.454. The number of aliphatic hydroxyl groups is 14. The van der Waals surface area contributed by atoms with Gasteiger partial charge in [-0.3, -0.25) is 0 Å². The average Bonchev–Trinajstić information content (AvgIpc) is 3.82. The third-order valence-corrected chi connectivity index (χ3v) is 20.2. The molecule has 9 rings (SSSR count). The van der Waals surface area contributed by atoms with Crippen molar-refractivity contribution in [1.82, 2.24) is 0 Å². The minimum Gasteiger partial charge on any atom is -0.394 e. The van der Waals surface area contributed by atoms with Gasteiger partial charge in [-0.15, -0.1) is 0 Å². The fourth-order valence-corrected chi connectivity index (χ4v) is 15.6. The Bertz CT molecular complexity index is 1890. The van der Waals surface area contributed by atoms with Gasteiger partial charge < -0.3 is 114 Å². The van der Waals surface area contributed by atoms with Crippen molar-refractivity contribution in [2.75, 3.05) is 19.8 Å². The molecule has 0 aromatic carbocycles. The summed E-state index contributed by atoms with van der Waals surface area (Å²) in [7, 11) is 0. The van der Waals surface area contributed by atoms with E-state index < -0.39 is 148 Å². The monoisotopic (exact) mass is 1070 g/mol. The molecule has 4 aliphatic carbocycles. The lowest BCUT2D eigenvalue weighted by Gasteiger charge is -2.61. The van der Waals surface area contributed by atoms with E-state index in [2.05, 4.69) is 20.8 Å². The largest absolute Gasteiger partial charge is 0.394 e. The van der Waals surface area contributed by atoms with Crippen molar-refractivity contribution >= 4 is 0 Å².